The van der Waals surface area contributed by atoms with Crippen molar-refractivity contribution < 1.29 is 14.3 Å². The number of anilines is 1. The van der Waals surface area contributed by atoms with Crippen molar-refractivity contribution in [2.45, 2.75) is 0 Å². The van der Waals surface area contributed by atoms with Crippen molar-refractivity contribution >= 4 is 37.6 Å². The maximum atomic E-state index is 12.0. The molecule has 0 atom stereocenters. The molecule has 0 saturated carbocycles. The minimum atomic E-state index is -0.568. The normalized spacial score (nSPS) is 15.8. The van der Waals surface area contributed by atoms with Gasteiger partial charge in [-0.1, -0.05) is 15.9 Å². The van der Waals surface area contributed by atoms with Gasteiger partial charge in [0.15, 0.2) is 6.61 Å². The molecular weight excluding hydrogens is 342 g/mol. The van der Waals surface area contributed by atoms with Crippen LogP contribution in [0, 0.1) is 0 Å². The van der Waals surface area contributed by atoms with Gasteiger partial charge in [-0.3, -0.25) is 9.69 Å². The van der Waals surface area contributed by atoms with Gasteiger partial charge in [0.2, 0.25) is 0 Å². The molecule has 1 heterocycles. The van der Waals surface area contributed by atoms with Crippen molar-refractivity contribution in [3.05, 3.63) is 22.7 Å². The van der Waals surface area contributed by atoms with Crippen LogP contribution < -0.4 is 9.64 Å². The number of benzene rings is 1. The lowest BCUT2D eigenvalue weighted by molar-refractivity contribution is -0.122. The van der Waals surface area contributed by atoms with Crippen molar-refractivity contribution in [3.63, 3.8) is 0 Å². The van der Waals surface area contributed by atoms with Crippen LogP contribution in [0.4, 0.5) is 5.69 Å². The molecule has 1 aliphatic rings. The lowest BCUT2D eigenvalue weighted by atomic mass is 10.2. The molecule has 0 radical (unpaired) electrons. The molecule has 0 bridgehead atoms. The molecule has 0 fully saturated rings. The molecule has 1 aliphatic heterocycles. The molecule has 0 N–H and O–H groups in total. The Morgan fingerprint density at radius 2 is 2.15 bits per heavy atom. The van der Waals surface area contributed by atoms with E-state index in [0.29, 0.717) is 6.61 Å². The van der Waals surface area contributed by atoms with Gasteiger partial charge in [-0.15, -0.1) is 0 Å². The fraction of sp³-hybridized carbons (Fsp3) is 0.500. The Hall–Kier alpha value is -0.720. The van der Waals surface area contributed by atoms with Gasteiger partial charge in [-0.2, -0.15) is 0 Å². The van der Waals surface area contributed by atoms with Crippen LogP contribution in [0.25, 0.3) is 0 Å². The lowest BCUT2D eigenvalue weighted by Crippen LogP contribution is -2.40. The second kappa shape index (κ2) is 6.37. The average Bonchev–Trinajstić information content (AvgIpc) is 2.35. The third kappa shape index (κ3) is 4.14. The van der Waals surface area contributed by atoms with Gasteiger partial charge in [0.05, 0.1) is 12.3 Å². The molecule has 4 nitrogen and oxygen atoms in total. The van der Waals surface area contributed by atoms with E-state index < -0.39 is 10.0 Å². The average molecular weight is 362 g/mol. The first kappa shape index (κ1) is 15.7. The Balaban J connectivity index is 2.01. The van der Waals surface area contributed by atoms with Crippen LogP contribution in [-0.2, 0) is 9.53 Å². The van der Waals surface area contributed by atoms with Crippen LogP contribution in [0.1, 0.15) is 0 Å². The molecule has 6 heteroatoms. The Morgan fingerprint density at radius 1 is 1.40 bits per heavy atom. The predicted octanol–water partition coefficient (Wildman–Crippen LogP) is 2.84. The summed E-state index contributed by atoms with van der Waals surface area (Å²) in [5.41, 5.74) is 0.763. The summed E-state index contributed by atoms with van der Waals surface area (Å²) in [6, 6.07) is 5.64. The zero-order valence-electron chi connectivity index (χ0n) is 12.0. The lowest BCUT2D eigenvalue weighted by Gasteiger charge is -2.30. The van der Waals surface area contributed by atoms with Crippen LogP contribution in [-0.4, -0.2) is 50.4 Å². The first-order valence-electron chi connectivity index (χ1n) is 6.33. The Bertz CT molecular complexity index is 502. The van der Waals surface area contributed by atoms with Crippen molar-refractivity contribution in [2.24, 2.45) is 0 Å². The quantitative estimate of drug-likeness (QED) is 0.756. The van der Waals surface area contributed by atoms with Crippen molar-refractivity contribution in [1.29, 1.82) is 0 Å². The second-order valence-electron chi connectivity index (χ2n) is 5.55. The van der Waals surface area contributed by atoms with Crippen LogP contribution >= 0.6 is 26.0 Å². The minimum absolute atomic E-state index is 0.0706. The van der Waals surface area contributed by atoms with E-state index in [1.165, 1.54) is 0 Å². The fourth-order valence-corrected chi connectivity index (χ4v) is 2.75. The molecule has 0 unspecified atom stereocenters. The van der Waals surface area contributed by atoms with Crippen LogP contribution in [0.3, 0.4) is 0 Å². The summed E-state index contributed by atoms with van der Waals surface area (Å²) in [6.45, 7) is 1.02. The molecule has 1 amide bonds. The number of carbonyl (C=O) groups excluding carboxylic acids is 1. The standard InChI is InChI=1S/C14H20BrNO3S/c1-20(2,3)7-6-18-10-16-12-8-11(15)4-5-13(12)19-9-14(16)17/h4-5,8H,6-7,9-10H2,1-3H3. The van der Waals surface area contributed by atoms with Gasteiger partial charge in [-0.05, 0) is 37.0 Å². The van der Waals surface area contributed by atoms with Gasteiger partial charge >= 0.3 is 0 Å². The number of hydrogen-bond donors (Lipinski definition) is 0. The zero-order valence-corrected chi connectivity index (χ0v) is 14.4. The second-order valence-corrected chi connectivity index (χ2v) is 11.1. The molecule has 0 saturated heterocycles. The predicted molar refractivity (Wildman–Crippen MR) is 88.2 cm³/mol. The molecule has 1 aromatic carbocycles. The summed E-state index contributed by atoms with van der Waals surface area (Å²) >= 11 is 3.41. The third-order valence-corrected chi connectivity index (χ3v) is 4.81. The van der Waals surface area contributed by atoms with Crippen molar-refractivity contribution in [1.82, 2.24) is 0 Å². The summed E-state index contributed by atoms with van der Waals surface area (Å²) in [6.07, 6.45) is 6.76. The number of rotatable bonds is 5. The van der Waals surface area contributed by atoms with Gasteiger partial charge in [0, 0.05) is 10.2 Å². The van der Waals surface area contributed by atoms with E-state index in [2.05, 4.69) is 34.7 Å². The molecular formula is C14H20BrNO3S. The summed E-state index contributed by atoms with van der Waals surface area (Å²) in [7, 11) is -0.568. The molecule has 0 aromatic heterocycles. The Labute approximate surface area is 129 Å². The number of nitrogens with zero attached hydrogens (tertiary/aromatic N) is 1. The molecule has 1 aromatic rings. The van der Waals surface area contributed by atoms with Gasteiger partial charge in [0.1, 0.15) is 12.5 Å². The highest BCUT2D eigenvalue weighted by Gasteiger charge is 2.25. The molecule has 20 heavy (non-hydrogen) atoms. The topological polar surface area (TPSA) is 38.8 Å². The van der Waals surface area contributed by atoms with Crippen molar-refractivity contribution in [3.8, 4) is 5.75 Å². The number of fused-ring (bicyclic) bond motifs is 1. The maximum Gasteiger partial charge on any atom is 0.266 e. The van der Waals surface area contributed by atoms with E-state index in [1.54, 1.807) is 4.90 Å². The van der Waals surface area contributed by atoms with Crippen LogP contribution in [0.2, 0.25) is 0 Å². The monoisotopic (exact) mass is 361 g/mol. The van der Waals surface area contributed by atoms with Crippen LogP contribution in [0.5, 0.6) is 5.75 Å². The van der Waals surface area contributed by atoms with Crippen molar-refractivity contribution in [2.75, 3.05) is 49.4 Å². The number of ether oxygens (including phenoxy) is 2. The first-order valence-corrected chi connectivity index (χ1v) is 10.2. The van der Waals surface area contributed by atoms with Gasteiger partial charge in [0.25, 0.3) is 5.91 Å². The van der Waals surface area contributed by atoms with Gasteiger partial charge in [-0.25, -0.2) is 10.0 Å². The number of halogens is 1. The minimum Gasteiger partial charge on any atom is -0.482 e. The number of amides is 1. The summed E-state index contributed by atoms with van der Waals surface area (Å²) in [4.78, 5) is 13.6. The molecule has 112 valence electrons. The molecule has 0 aliphatic carbocycles. The Kier molecular flexibility index (Phi) is 4.99. The summed E-state index contributed by atoms with van der Waals surface area (Å²) < 4.78 is 12.0. The van der Waals surface area contributed by atoms with E-state index in [-0.39, 0.29) is 19.2 Å². The van der Waals surface area contributed by atoms with Crippen LogP contribution in [0.15, 0.2) is 22.7 Å². The van der Waals surface area contributed by atoms with E-state index in [9.17, 15) is 4.79 Å². The molecule has 2 rings (SSSR count). The number of hydrogen-bond acceptors (Lipinski definition) is 3. The first-order chi connectivity index (χ1) is 9.37. The Morgan fingerprint density at radius 3 is 2.85 bits per heavy atom. The highest BCUT2D eigenvalue weighted by atomic mass is 79.9. The summed E-state index contributed by atoms with van der Waals surface area (Å²) in [5.74, 6) is 1.69. The van der Waals surface area contributed by atoms with E-state index in [1.807, 2.05) is 18.2 Å². The largest absolute Gasteiger partial charge is 0.482 e. The fourth-order valence-electron chi connectivity index (χ4n) is 1.78. The highest BCUT2D eigenvalue weighted by Crippen LogP contribution is 2.35. The summed E-state index contributed by atoms with van der Waals surface area (Å²) in [5, 5.41) is 0. The van der Waals surface area contributed by atoms with E-state index in [0.717, 1.165) is 21.7 Å². The number of carbonyl (C=O) groups is 1. The van der Waals surface area contributed by atoms with E-state index in [4.69, 9.17) is 9.47 Å². The third-order valence-electron chi connectivity index (χ3n) is 2.92. The molecule has 0 spiro atoms. The highest BCUT2D eigenvalue weighted by molar-refractivity contribution is 9.10. The maximum absolute atomic E-state index is 12.0. The SMILES string of the molecule is CS(C)(C)CCOCN1C(=O)COc2ccc(Br)cc21. The van der Waals surface area contributed by atoms with E-state index >= 15 is 0 Å². The van der Waals surface area contributed by atoms with Gasteiger partial charge < -0.3 is 9.47 Å². The zero-order chi connectivity index (χ0) is 14.8. The smallest absolute Gasteiger partial charge is 0.266 e.